The normalized spacial score (nSPS) is 35.4. The molecule has 2 aliphatic heterocycles. The zero-order valence-corrected chi connectivity index (χ0v) is 17.6. The van der Waals surface area contributed by atoms with Crippen molar-refractivity contribution in [3.8, 4) is 11.1 Å². The number of benzene rings is 1. The molecule has 2 aromatic rings. The van der Waals surface area contributed by atoms with Crippen molar-refractivity contribution in [3.05, 3.63) is 52.8 Å². The Labute approximate surface area is 175 Å². The summed E-state index contributed by atoms with van der Waals surface area (Å²) < 4.78 is 6.24. The lowest BCUT2D eigenvalue weighted by Crippen LogP contribution is -2.40. The van der Waals surface area contributed by atoms with E-state index in [1.807, 2.05) is 38.1 Å². The SMILES string of the molecule is CCc1ccc(-c2ccc(Cl)nc2)cc1C1C(=O)[C@@H]2[C@H](C1=O)[C@@]1(C)CC[C@]2(C)O1. The second-order valence-corrected chi connectivity index (χ2v) is 9.44. The van der Waals surface area contributed by atoms with E-state index in [1.165, 1.54) is 0 Å². The summed E-state index contributed by atoms with van der Waals surface area (Å²) in [5.41, 5.74) is 2.73. The van der Waals surface area contributed by atoms with E-state index in [9.17, 15) is 9.59 Å². The number of fused-ring (bicyclic) bond motifs is 5. The number of aromatic nitrogens is 1. The minimum Gasteiger partial charge on any atom is -0.368 e. The van der Waals surface area contributed by atoms with E-state index in [0.29, 0.717) is 5.15 Å². The molecule has 1 aliphatic carbocycles. The smallest absolute Gasteiger partial charge is 0.154 e. The first-order valence-electron chi connectivity index (χ1n) is 10.3. The van der Waals surface area contributed by atoms with Gasteiger partial charge in [-0.1, -0.05) is 30.7 Å². The van der Waals surface area contributed by atoms with Crippen molar-refractivity contribution in [3.63, 3.8) is 0 Å². The van der Waals surface area contributed by atoms with Crippen molar-refractivity contribution in [2.45, 2.75) is 57.2 Å². The van der Waals surface area contributed by atoms with Crippen LogP contribution in [-0.2, 0) is 20.7 Å². The standard InChI is InChI=1S/C24H24ClNO3/c1-4-13-5-6-14(15-7-8-17(25)26-12-15)11-16(13)18-21(27)19-20(22(18)28)24(3)10-9-23(19,2)29-24/h5-8,11-12,18-20H,4,9-10H2,1-3H3/t18?,19-,20+,23-,24+. The van der Waals surface area contributed by atoms with Crippen LogP contribution < -0.4 is 0 Å². The van der Waals surface area contributed by atoms with Crippen molar-refractivity contribution < 1.29 is 14.3 Å². The third kappa shape index (κ3) is 2.58. The summed E-state index contributed by atoms with van der Waals surface area (Å²) in [4.78, 5) is 31.3. The number of hydrogen-bond acceptors (Lipinski definition) is 4. The van der Waals surface area contributed by atoms with E-state index < -0.39 is 17.1 Å². The largest absolute Gasteiger partial charge is 0.368 e. The van der Waals surface area contributed by atoms with E-state index in [1.54, 1.807) is 12.3 Å². The van der Waals surface area contributed by atoms with Gasteiger partial charge in [0.25, 0.3) is 0 Å². The van der Waals surface area contributed by atoms with E-state index >= 15 is 0 Å². The second-order valence-electron chi connectivity index (χ2n) is 9.06. The van der Waals surface area contributed by atoms with Crippen LogP contribution in [0.5, 0.6) is 0 Å². The first kappa shape index (κ1) is 19.0. The molecule has 3 aliphatic rings. The van der Waals surface area contributed by atoms with Gasteiger partial charge in [0, 0.05) is 11.8 Å². The minimum absolute atomic E-state index is 0.0343. The summed E-state index contributed by atoms with van der Waals surface area (Å²) in [6.07, 6.45) is 4.17. The summed E-state index contributed by atoms with van der Waals surface area (Å²) in [5.74, 6) is -1.28. The van der Waals surface area contributed by atoms with E-state index in [-0.39, 0.29) is 23.4 Å². The van der Waals surface area contributed by atoms with E-state index in [4.69, 9.17) is 16.3 Å². The van der Waals surface area contributed by atoms with Gasteiger partial charge >= 0.3 is 0 Å². The van der Waals surface area contributed by atoms with Gasteiger partial charge in [0.05, 0.1) is 23.0 Å². The van der Waals surface area contributed by atoms with Crippen LogP contribution in [0.2, 0.25) is 5.15 Å². The molecule has 3 heterocycles. The Morgan fingerprint density at radius 2 is 1.66 bits per heavy atom. The van der Waals surface area contributed by atoms with Gasteiger partial charge < -0.3 is 4.74 Å². The molecular formula is C24H24ClNO3. The predicted molar refractivity (Wildman–Crippen MR) is 111 cm³/mol. The fourth-order valence-electron chi connectivity index (χ4n) is 5.92. The number of nitrogens with zero attached hydrogens (tertiary/aromatic N) is 1. The summed E-state index contributed by atoms with van der Waals surface area (Å²) in [5, 5.41) is 0.435. The minimum atomic E-state index is -0.694. The molecule has 1 aromatic heterocycles. The number of pyridine rings is 1. The van der Waals surface area contributed by atoms with Crippen LogP contribution in [0.15, 0.2) is 36.5 Å². The van der Waals surface area contributed by atoms with Gasteiger partial charge in [-0.25, -0.2) is 4.98 Å². The summed E-state index contributed by atoms with van der Waals surface area (Å²) in [6.45, 7) is 6.07. The Kier molecular flexibility index (Phi) is 4.07. The summed E-state index contributed by atoms with van der Waals surface area (Å²) in [7, 11) is 0. The molecular weight excluding hydrogens is 386 g/mol. The van der Waals surface area contributed by atoms with Gasteiger partial charge in [-0.15, -0.1) is 0 Å². The molecule has 4 nitrogen and oxygen atoms in total. The second kappa shape index (κ2) is 6.23. The van der Waals surface area contributed by atoms with Gasteiger partial charge in [0.1, 0.15) is 11.1 Å². The highest BCUT2D eigenvalue weighted by Gasteiger charge is 2.72. The number of carbonyl (C=O) groups excluding carboxylic acids is 2. The first-order chi connectivity index (χ1) is 13.8. The number of rotatable bonds is 3. The van der Waals surface area contributed by atoms with Gasteiger partial charge in [0.2, 0.25) is 0 Å². The van der Waals surface area contributed by atoms with Crippen molar-refractivity contribution in [2.75, 3.05) is 0 Å². The highest BCUT2D eigenvalue weighted by Crippen LogP contribution is 2.62. The fourth-order valence-corrected chi connectivity index (χ4v) is 6.03. The lowest BCUT2D eigenvalue weighted by molar-refractivity contribution is -0.132. The third-order valence-electron chi connectivity index (χ3n) is 7.31. The maximum atomic E-state index is 13.6. The molecule has 5 rings (SSSR count). The van der Waals surface area contributed by atoms with Crippen LogP contribution in [-0.4, -0.2) is 27.8 Å². The molecule has 3 fully saturated rings. The molecule has 5 atom stereocenters. The van der Waals surface area contributed by atoms with Crippen molar-refractivity contribution in [2.24, 2.45) is 11.8 Å². The monoisotopic (exact) mass is 409 g/mol. The Balaban J connectivity index is 1.60. The number of hydrogen-bond donors (Lipinski definition) is 0. The lowest BCUT2D eigenvalue weighted by atomic mass is 9.69. The van der Waals surface area contributed by atoms with Gasteiger partial charge in [-0.05, 0) is 68.0 Å². The Bertz CT molecular complexity index is 999. The van der Waals surface area contributed by atoms with Gasteiger partial charge in [0.15, 0.2) is 11.6 Å². The maximum absolute atomic E-state index is 13.6. The molecule has 29 heavy (non-hydrogen) atoms. The Morgan fingerprint density at radius 1 is 1.03 bits per heavy atom. The number of aryl methyl sites for hydroxylation is 1. The number of carbonyl (C=O) groups is 2. The molecule has 2 saturated heterocycles. The van der Waals surface area contributed by atoms with Crippen LogP contribution in [0.1, 0.15) is 50.7 Å². The highest BCUT2D eigenvalue weighted by atomic mass is 35.5. The number of ketones is 2. The molecule has 1 unspecified atom stereocenters. The van der Waals surface area contributed by atoms with Crippen LogP contribution in [0.4, 0.5) is 0 Å². The maximum Gasteiger partial charge on any atom is 0.154 e. The van der Waals surface area contributed by atoms with Crippen LogP contribution in [0, 0.1) is 11.8 Å². The molecule has 5 heteroatoms. The van der Waals surface area contributed by atoms with Crippen molar-refractivity contribution >= 4 is 23.2 Å². The fraction of sp³-hybridized carbons (Fsp3) is 0.458. The molecule has 0 spiro atoms. The summed E-state index contributed by atoms with van der Waals surface area (Å²) >= 11 is 5.92. The van der Waals surface area contributed by atoms with Gasteiger partial charge in [-0.3, -0.25) is 9.59 Å². The molecule has 0 amide bonds. The average Bonchev–Trinajstić information content (AvgIpc) is 3.25. The molecule has 150 valence electrons. The van der Waals surface area contributed by atoms with Crippen LogP contribution in [0.25, 0.3) is 11.1 Å². The highest BCUT2D eigenvalue weighted by molar-refractivity contribution is 6.29. The summed E-state index contributed by atoms with van der Waals surface area (Å²) in [6, 6.07) is 9.70. The van der Waals surface area contributed by atoms with Crippen molar-refractivity contribution in [1.29, 1.82) is 0 Å². The quantitative estimate of drug-likeness (QED) is 0.541. The molecule has 1 aromatic carbocycles. The zero-order chi connectivity index (χ0) is 20.6. The van der Waals surface area contributed by atoms with Crippen molar-refractivity contribution in [1.82, 2.24) is 4.98 Å². The molecule has 0 radical (unpaired) electrons. The molecule has 1 saturated carbocycles. The van der Waals surface area contributed by atoms with Crippen LogP contribution in [0.3, 0.4) is 0 Å². The van der Waals surface area contributed by atoms with Gasteiger partial charge in [-0.2, -0.15) is 0 Å². The zero-order valence-electron chi connectivity index (χ0n) is 16.9. The molecule has 2 bridgehead atoms. The average molecular weight is 410 g/mol. The van der Waals surface area contributed by atoms with Crippen LogP contribution >= 0.6 is 11.6 Å². The Hall–Kier alpha value is -2.04. The first-order valence-corrected chi connectivity index (χ1v) is 10.7. The topological polar surface area (TPSA) is 56.3 Å². The number of halogens is 1. The molecule has 0 N–H and O–H groups in total. The number of ether oxygens (including phenoxy) is 1. The number of Topliss-reactive ketones (excluding diaryl/α,β-unsaturated/α-hetero) is 2. The lowest BCUT2D eigenvalue weighted by Gasteiger charge is -2.28. The Morgan fingerprint density at radius 3 is 2.21 bits per heavy atom. The van der Waals surface area contributed by atoms with E-state index in [2.05, 4.69) is 11.9 Å². The van der Waals surface area contributed by atoms with E-state index in [0.717, 1.165) is 41.5 Å². The third-order valence-corrected chi connectivity index (χ3v) is 7.54. The predicted octanol–water partition coefficient (Wildman–Crippen LogP) is 4.77.